The Morgan fingerprint density at radius 2 is 2.28 bits per heavy atom. The van der Waals surface area contributed by atoms with E-state index in [9.17, 15) is 4.79 Å². The molecule has 1 heterocycles. The highest BCUT2D eigenvalue weighted by atomic mass is 16.5. The van der Waals surface area contributed by atoms with Crippen LogP contribution < -0.4 is 0 Å². The summed E-state index contributed by atoms with van der Waals surface area (Å²) in [5.41, 5.74) is 1.26. The number of aromatic nitrogens is 3. The van der Waals surface area contributed by atoms with Crippen LogP contribution in [0.2, 0.25) is 0 Å². The Kier molecular flexibility index (Phi) is 3.96. The Labute approximate surface area is 106 Å². The molecule has 6 nitrogen and oxygen atoms in total. The minimum Gasteiger partial charge on any atom is -0.461 e. The summed E-state index contributed by atoms with van der Waals surface area (Å²) in [4.78, 5) is 11.8. The number of hydrogen-bond donors (Lipinski definition) is 0. The minimum atomic E-state index is -0.379. The fourth-order valence-electron chi connectivity index (χ4n) is 1.88. The summed E-state index contributed by atoms with van der Waals surface area (Å²) >= 11 is 0. The predicted octanol–water partition coefficient (Wildman–Crippen LogP) is 1.37. The molecule has 0 saturated heterocycles. The zero-order chi connectivity index (χ0) is 13.1. The molecule has 1 aromatic heterocycles. The third-order valence-corrected chi connectivity index (χ3v) is 3.04. The molecule has 2 rings (SSSR count). The van der Waals surface area contributed by atoms with Gasteiger partial charge in [0.2, 0.25) is 0 Å². The van der Waals surface area contributed by atoms with Crippen molar-refractivity contribution < 1.29 is 14.3 Å². The van der Waals surface area contributed by atoms with Crippen molar-refractivity contribution in [2.45, 2.75) is 45.3 Å². The van der Waals surface area contributed by atoms with Gasteiger partial charge in [-0.1, -0.05) is 5.21 Å². The van der Waals surface area contributed by atoms with Crippen molar-refractivity contribution in [3.63, 3.8) is 0 Å². The molecule has 0 spiro atoms. The van der Waals surface area contributed by atoms with Gasteiger partial charge in [0.1, 0.15) is 0 Å². The molecule has 1 aliphatic carbocycles. The Bertz CT molecular complexity index is 426. The molecule has 0 bridgehead atoms. The first-order valence-electron chi connectivity index (χ1n) is 6.30. The van der Waals surface area contributed by atoms with Crippen LogP contribution in [0.25, 0.3) is 0 Å². The van der Waals surface area contributed by atoms with Crippen molar-refractivity contribution in [2.75, 3.05) is 13.7 Å². The van der Waals surface area contributed by atoms with Gasteiger partial charge in [0.15, 0.2) is 5.69 Å². The van der Waals surface area contributed by atoms with Crippen LogP contribution >= 0.6 is 0 Å². The summed E-state index contributed by atoms with van der Waals surface area (Å²) in [6.07, 6.45) is 2.21. The molecule has 6 heteroatoms. The number of hydrogen-bond acceptors (Lipinski definition) is 5. The predicted molar refractivity (Wildman–Crippen MR) is 64.4 cm³/mol. The summed E-state index contributed by atoms with van der Waals surface area (Å²) in [5, 5.41) is 8.02. The van der Waals surface area contributed by atoms with Gasteiger partial charge in [0.25, 0.3) is 0 Å². The molecule has 0 amide bonds. The molecular weight excluding hydrogens is 234 g/mol. The molecule has 18 heavy (non-hydrogen) atoms. The Morgan fingerprint density at radius 1 is 1.56 bits per heavy atom. The average molecular weight is 253 g/mol. The fourth-order valence-corrected chi connectivity index (χ4v) is 1.88. The highest BCUT2D eigenvalue weighted by Crippen LogP contribution is 2.41. The molecule has 1 aromatic rings. The number of carbonyl (C=O) groups is 1. The third kappa shape index (κ3) is 2.69. The lowest BCUT2D eigenvalue weighted by Crippen LogP contribution is -2.18. The summed E-state index contributed by atoms with van der Waals surface area (Å²) in [5.74, 6) is 0.0131. The van der Waals surface area contributed by atoms with Crippen LogP contribution in [-0.4, -0.2) is 40.8 Å². The summed E-state index contributed by atoms with van der Waals surface area (Å²) in [6, 6.07) is 0. The lowest BCUT2D eigenvalue weighted by Gasteiger charge is -2.11. The number of methoxy groups -OCH3 is 1. The third-order valence-electron chi connectivity index (χ3n) is 3.04. The monoisotopic (exact) mass is 253 g/mol. The van der Waals surface area contributed by atoms with E-state index in [0.717, 1.165) is 18.5 Å². The van der Waals surface area contributed by atoms with Gasteiger partial charge in [-0.05, 0) is 26.7 Å². The van der Waals surface area contributed by atoms with Crippen LogP contribution in [0, 0.1) is 0 Å². The van der Waals surface area contributed by atoms with E-state index in [1.807, 2.05) is 6.92 Å². The summed E-state index contributed by atoms with van der Waals surface area (Å²) in [7, 11) is 1.66. The molecule has 0 aliphatic heterocycles. The average Bonchev–Trinajstić information content (AvgIpc) is 3.11. The Morgan fingerprint density at radius 3 is 2.83 bits per heavy atom. The molecule has 1 unspecified atom stereocenters. The van der Waals surface area contributed by atoms with Crippen molar-refractivity contribution in [3.8, 4) is 0 Å². The summed E-state index contributed by atoms with van der Waals surface area (Å²) < 4.78 is 12.0. The first-order valence-corrected chi connectivity index (χ1v) is 6.30. The number of ether oxygens (including phenoxy) is 2. The topological polar surface area (TPSA) is 66.2 Å². The van der Waals surface area contributed by atoms with Gasteiger partial charge in [-0.25, -0.2) is 9.48 Å². The maximum atomic E-state index is 11.8. The zero-order valence-electron chi connectivity index (χ0n) is 11.0. The largest absolute Gasteiger partial charge is 0.461 e. The van der Waals surface area contributed by atoms with Crippen LogP contribution in [0.15, 0.2) is 0 Å². The molecule has 0 aromatic carbocycles. The second-order valence-corrected chi connectivity index (χ2v) is 4.55. The number of esters is 1. The first-order chi connectivity index (χ1) is 8.67. The first kappa shape index (κ1) is 13.0. The van der Waals surface area contributed by atoms with Crippen LogP contribution in [0.4, 0.5) is 0 Å². The molecule has 1 fully saturated rings. The molecule has 1 atom stereocenters. The van der Waals surface area contributed by atoms with E-state index in [-0.39, 0.29) is 12.1 Å². The van der Waals surface area contributed by atoms with Gasteiger partial charge in [0, 0.05) is 13.0 Å². The number of nitrogens with zero attached hydrogens (tertiary/aromatic N) is 3. The SMILES string of the molecule is CCOC(=O)c1nnn(CC(C)OC)c1C1CC1. The van der Waals surface area contributed by atoms with Gasteiger partial charge in [-0.3, -0.25) is 0 Å². The van der Waals surface area contributed by atoms with Crippen LogP contribution in [0.1, 0.15) is 48.8 Å². The Hall–Kier alpha value is -1.43. The molecular formula is C12H19N3O3. The molecule has 1 saturated carbocycles. The Balaban J connectivity index is 2.23. The zero-order valence-corrected chi connectivity index (χ0v) is 11.0. The lowest BCUT2D eigenvalue weighted by atomic mass is 10.2. The molecule has 1 aliphatic rings. The van der Waals surface area contributed by atoms with E-state index in [1.54, 1.807) is 18.7 Å². The smallest absolute Gasteiger partial charge is 0.360 e. The lowest BCUT2D eigenvalue weighted by molar-refractivity contribution is 0.0517. The number of carbonyl (C=O) groups excluding carboxylic acids is 1. The van der Waals surface area contributed by atoms with Gasteiger partial charge >= 0.3 is 5.97 Å². The van der Waals surface area contributed by atoms with E-state index >= 15 is 0 Å². The van der Waals surface area contributed by atoms with Crippen molar-refractivity contribution in [2.24, 2.45) is 0 Å². The normalized spacial score (nSPS) is 16.6. The highest BCUT2D eigenvalue weighted by molar-refractivity contribution is 5.88. The van der Waals surface area contributed by atoms with Crippen molar-refractivity contribution >= 4 is 5.97 Å². The van der Waals surface area contributed by atoms with E-state index < -0.39 is 0 Å². The summed E-state index contributed by atoms with van der Waals surface area (Å²) in [6.45, 7) is 4.70. The van der Waals surface area contributed by atoms with Crippen LogP contribution in [0.5, 0.6) is 0 Å². The van der Waals surface area contributed by atoms with Crippen molar-refractivity contribution in [3.05, 3.63) is 11.4 Å². The van der Waals surface area contributed by atoms with Crippen molar-refractivity contribution in [1.29, 1.82) is 0 Å². The van der Waals surface area contributed by atoms with E-state index in [2.05, 4.69) is 10.3 Å². The van der Waals surface area contributed by atoms with Gasteiger partial charge in [-0.15, -0.1) is 5.10 Å². The van der Waals surface area contributed by atoms with Crippen LogP contribution in [0.3, 0.4) is 0 Å². The van der Waals surface area contributed by atoms with Crippen molar-refractivity contribution in [1.82, 2.24) is 15.0 Å². The maximum Gasteiger partial charge on any atom is 0.360 e. The second-order valence-electron chi connectivity index (χ2n) is 4.55. The minimum absolute atomic E-state index is 0.0410. The second kappa shape index (κ2) is 5.48. The highest BCUT2D eigenvalue weighted by Gasteiger charge is 2.34. The quantitative estimate of drug-likeness (QED) is 0.716. The maximum absolute atomic E-state index is 11.8. The van der Waals surface area contributed by atoms with Gasteiger partial charge < -0.3 is 9.47 Å². The fraction of sp³-hybridized carbons (Fsp3) is 0.750. The van der Waals surface area contributed by atoms with Gasteiger partial charge in [0.05, 0.1) is 24.9 Å². The molecule has 0 N–H and O–H groups in total. The van der Waals surface area contributed by atoms with E-state index in [4.69, 9.17) is 9.47 Å². The number of rotatable bonds is 6. The van der Waals surface area contributed by atoms with Crippen LogP contribution in [-0.2, 0) is 16.0 Å². The molecule has 100 valence electrons. The van der Waals surface area contributed by atoms with E-state index in [1.165, 1.54) is 0 Å². The van der Waals surface area contributed by atoms with E-state index in [0.29, 0.717) is 24.8 Å². The van der Waals surface area contributed by atoms with Gasteiger partial charge in [-0.2, -0.15) is 0 Å². The molecule has 0 radical (unpaired) electrons. The standard InChI is InChI=1S/C12H19N3O3/c1-4-18-12(16)10-11(9-5-6-9)15(14-13-10)7-8(2)17-3/h8-9H,4-7H2,1-3H3.